The van der Waals surface area contributed by atoms with Crippen LogP contribution in [0, 0.1) is 0 Å². The predicted molar refractivity (Wildman–Crippen MR) is 57.3 cm³/mol. The first-order chi connectivity index (χ1) is 6.08. The standard InChI is InChI=1S/C11H14OSe/c1-11(2,12)8-9-13-10-6-4-3-5-7-10/h3-9,12H,1-2H3/b9-8+. The van der Waals surface area contributed by atoms with Crippen molar-refractivity contribution in [3.63, 3.8) is 0 Å². The third-order valence-electron chi connectivity index (χ3n) is 1.42. The van der Waals surface area contributed by atoms with E-state index in [-0.39, 0.29) is 0 Å². The topological polar surface area (TPSA) is 20.2 Å². The van der Waals surface area contributed by atoms with Gasteiger partial charge in [0.2, 0.25) is 0 Å². The molecule has 13 heavy (non-hydrogen) atoms. The predicted octanol–water partition coefficient (Wildman–Crippen LogP) is 1.30. The van der Waals surface area contributed by atoms with Gasteiger partial charge < -0.3 is 0 Å². The Morgan fingerprint density at radius 1 is 1.23 bits per heavy atom. The third-order valence-corrected chi connectivity index (χ3v) is 3.14. The minimum atomic E-state index is -0.684. The fraction of sp³-hybridized carbons (Fsp3) is 0.273. The summed E-state index contributed by atoms with van der Waals surface area (Å²) in [5, 5.41) is 9.42. The first-order valence-corrected chi connectivity index (χ1v) is 6.04. The van der Waals surface area contributed by atoms with Gasteiger partial charge in [0.25, 0.3) is 0 Å². The van der Waals surface area contributed by atoms with Crippen LogP contribution in [0.3, 0.4) is 0 Å². The molecule has 0 aliphatic heterocycles. The monoisotopic (exact) mass is 242 g/mol. The van der Waals surface area contributed by atoms with Gasteiger partial charge in [-0.25, -0.2) is 0 Å². The quantitative estimate of drug-likeness (QED) is 0.791. The normalized spacial score (nSPS) is 12.2. The summed E-state index contributed by atoms with van der Waals surface area (Å²) in [6.07, 6.45) is 1.85. The number of benzene rings is 1. The summed E-state index contributed by atoms with van der Waals surface area (Å²) in [6, 6.07) is 10.3. The Kier molecular flexibility index (Phi) is 3.73. The Bertz CT molecular complexity index is 272. The molecule has 1 nitrogen and oxygen atoms in total. The van der Waals surface area contributed by atoms with Crippen LogP contribution in [0.2, 0.25) is 0 Å². The van der Waals surface area contributed by atoms with Crippen molar-refractivity contribution in [1.82, 2.24) is 0 Å². The van der Waals surface area contributed by atoms with Gasteiger partial charge in [0, 0.05) is 0 Å². The molecule has 2 heteroatoms. The van der Waals surface area contributed by atoms with Gasteiger partial charge in [-0.05, 0) is 0 Å². The first-order valence-electron chi connectivity index (χ1n) is 4.20. The van der Waals surface area contributed by atoms with Gasteiger partial charge in [-0.1, -0.05) is 0 Å². The molecule has 0 atom stereocenters. The Balaban J connectivity index is 2.49. The maximum atomic E-state index is 9.42. The van der Waals surface area contributed by atoms with Crippen LogP contribution in [0.5, 0.6) is 0 Å². The van der Waals surface area contributed by atoms with E-state index >= 15 is 0 Å². The molecule has 1 aromatic carbocycles. The average Bonchev–Trinajstić information content (AvgIpc) is 2.04. The molecule has 1 N–H and O–H groups in total. The van der Waals surface area contributed by atoms with Gasteiger partial charge in [-0.15, -0.1) is 0 Å². The van der Waals surface area contributed by atoms with Crippen LogP contribution in [-0.4, -0.2) is 25.7 Å². The van der Waals surface area contributed by atoms with Crippen molar-refractivity contribution in [2.75, 3.05) is 0 Å². The van der Waals surface area contributed by atoms with Crippen LogP contribution in [0.15, 0.2) is 41.4 Å². The number of rotatable bonds is 3. The second-order valence-corrected chi connectivity index (χ2v) is 5.44. The first kappa shape index (κ1) is 10.5. The van der Waals surface area contributed by atoms with Crippen LogP contribution in [-0.2, 0) is 0 Å². The summed E-state index contributed by atoms with van der Waals surface area (Å²) >= 11 is 0.335. The van der Waals surface area contributed by atoms with E-state index < -0.39 is 5.60 Å². The summed E-state index contributed by atoms with van der Waals surface area (Å²) in [4.78, 5) is 2.06. The van der Waals surface area contributed by atoms with E-state index in [0.717, 1.165) is 0 Å². The molecule has 0 radical (unpaired) electrons. The Morgan fingerprint density at radius 2 is 1.85 bits per heavy atom. The second-order valence-electron chi connectivity index (χ2n) is 3.39. The molecule has 0 saturated heterocycles. The van der Waals surface area contributed by atoms with Crippen molar-refractivity contribution in [1.29, 1.82) is 0 Å². The molecule has 1 aromatic rings. The molecule has 0 aliphatic rings. The molecule has 0 unspecified atom stereocenters. The van der Waals surface area contributed by atoms with E-state index in [2.05, 4.69) is 17.1 Å². The third kappa shape index (κ3) is 4.89. The van der Waals surface area contributed by atoms with Crippen molar-refractivity contribution in [2.45, 2.75) is 19.4 Å². The van der Waals surface area contributed by atoms with Gasteiger partial charge in [-0.3, -0.25) is 0 Å². The van der Waals surface area contributed by atoms with Crippen molar-refractivity contribution in [2.24, 2.45) is 0 Å². The summed E-state index contributed by atoms with van der Waals surface area (Å²) in [5.41, 5.74) is -0.684. The molecule has 0 aliphatic carbocycles. The molecule has 1 rings (SSSR count). The number of hydrogen-bond donors (Lipinski definition) is 1. The summed E-state index contributed by atoms with van der Waals surface area (Å²) < 4.78 is 1.33. The summed E-state index contributed by atoms with van der Waals surface area (Å²) in [7, 11) is 0. The molecule has 0 saturated carbocycles. The minimum absolute atomic E-state index is 0.335. The van der Waals surface area contributed by atoms with E-state index in [1.165, 1.54) is 4.46 Å². The molecule has 0 fully saturated rings. The van der Waals surface area contributed by atoms with Crippen LogP contribution in [0.25, 0.3) is 0 Å². The van der Waals surface area contributed by atoms with E-state index in [1.54, 1.807) is 13.8 Å². The van der Waals surface area contributed by atoms with Gasteiger partial charge in [0.1, 0.15) is 0 Å². The molecule has 0 bridgehead atoms. The van der Waals surface area contributed by atoms with Crippen molar-refractivity contribution in [3.8, 4) is 0 Å². The summed E-state index contributed by atoms with van der Waals surface area (Å²) in [6.45, 7) is 3.56. The van der Waals surface area contributed by atoms with E-state index in [9.17, 15) is 5.11 Å². The molecular weight excluding hydrogens is 227 g/mol. The SMILES string of the molecule is CC(C)(O)/C=C/[Se]c1ccccc1. The van der Waals surface area contributed by atoms with E-state index in [1.807, 2.05) is 24.3 Å². The van der Waals surface area contributed by atoms with Crippen LogP contribution in [0.4, 0.5) is 0 Å². The number of aliphatic hydroxyl groups is 1. The van der Waals surface area contributed by atoms with Crippen LogP contribution >= 0.6 is 0 Å². The van der Waals surface area contributed by atoms with Crippen molar-refractivity contribution in [3.05, 3.63) is 41.4 Å². The maximum absolute atomic E-state index is 9.42. The van der Waals surface area contributed by atoms with Crippen LogP contribution < -0.4 is 4.46 Å². The zero-order valence-electron chi connectivity index (χ0n) is 7.90. The molecule has 0 amide bonds. The zero-order valence-corrected chi connectivity index (χ0v) is 9.61. The fourth-order valence-electron chi connectivity index (χ4n) is 0.778. The Labute approximate surface area is 85.6 Å². The molecule has 70 valence electrons. The average molecular weight is 241 g/mol. The fourth-order valence-corrected chi connectivity index (χ4v) is 2.61. The molecule has 0 spiro atoms. The zero-order chi connectivity index (χ0) is 9.73. The van der Waals surface area contributed by atoms with E-state index in [0.29, 0.717) is 15.0 Å². The Morgan fingerprint density at radius 3 is 2.38 bits per heavy atom. The van der Waals surface area contributed by atoms with Gasteiger partial charge in [-0.2, -0.15) is 0 Å². The van der Waals surface area contributed by atoms with Gasteiger partial charge in [0.15, 0.2) is 0 Å². The number of hydrogen-bond acceptors (Lipinski definition) is 1. The summed E-state index contributed by atoms with van der Waals surface area (Å²) in [5.74, 6) is 0. The van der Waals surface area contributed by atoms with Crippen LogP contribution in [0.1, 0.15) is 13.8 Å². The van der Waals surface area contributed by atoms with Crippen molar-refractivity contribution < 1.29 is 5.11 Å². The van der Waals surface area contributed by atoms with E-state index in [4.69, 9.17) is 0 Å². The molecule has 0 aromatic heterocycles. The molecule has 0 heterocycles. The second kappa shape index (κ2) is 4.61. The van der Waals surface area contributed by atoms with Crippen molar-refractivity contribution >= 4 is 19.4 Å². The Hall–Kier alpha value is -0.561. The van der Waals surface area contributed by atoms with Gasteiger partial charge >= 0.3 is 85.4 Å². The van der Waals surface area contributed by atoms with Gasteiger partial charge in [0.05, 0.1) is 0 Å². The molecular formula is C11H14OSe.